The van der Waals surface area contributed by atoms with Crippen LogP contribution in [-0.2, 0) is 11.3 Å². The number of amides is 1. The van der Waals surface area contributed by atoms with E-state index in [0.29, 0.717) is 6.54 Å². The molecule has 0 saturated heterocycles. The highest BCUT2D eigenvalue weighted by Gasteiger charge is 2.12. The second-order valence-corrected chi connectivity index (χ2v) is 4.32. The summed E-state index contributed by atoms with van der Waals surface area (Å²) >= 11 is 0. The second-order valence-electron chi connectivity index (χ2n) is 4.32. The summed E-state index contributed by atoms with van der Waals surface area (Å²) in [6, 6.07) is 8.09. The van der Waals surface area contributed by atoms with E-state index >= 15 is 0 Å². The van der Waals surface area contributed by atoms with Crippen LogP contribution in [0.2, 0.25) is 0 Å². The fourth-order valence-corrected chi connectivity index (χ4v) is 1.63. The van der Waals surface area contributed by atoms with Crippen molar-refractivity contribution in [3.05, 3.63) is 29.8 Å². The molecule has 4 heteroatoms. The number of carbonyl (C=O) groups is 1. The molecule has 0 spiro atoms. The van der Waals surface area contributed by atoms with Crippen LogP contribution in [0.3, 0.4) is 0 Å². The number of carbonyl (C=O) groups excluding carboxylic acids is 1. The van der Waals surface area contributed by atoms with E-state index < -0.39 is 0 Å². The Kier molecular flexibility index (Phi) is 4.97. The van der Waals surface area contributed by atoms with E-state index in [4.69, 9.17) is 10.5 Å². The predicted octanol–water partition coefficient (Wildman–Crippen LogP) is 1.39. The van der Waals surface area contributed by atoms with Crippen molar-refractivity contribution >= 4 is 5.91 Å². The molecule has 0 heterocycles. The molecule has 1 aromatic rings. The van der Waals surface area contributed by atoms with E-state index in [2.05, 4.69) is 0 Å². The molecule has 0 aliphatic carbocycles. The van der Waals surface area contributed by atoms with Gasteiger partial charge in [-0.05, 0) is 31.5 Å². The third-order valence-corrected chi connectivity index (χ3v) is 2.61. The average Bonchev–Trinajstić information content (AvgIpc) is 2.27. The van der Waals surface area contributed by atoms with E-state index in [0.717, 1.165) is 11.3 Å². The minimum Gasteiger partial charge on any atom is -0.497 e. The molecule has 0 bridgehead atoms. The van der Waals surface area contributed by atoms with Gasteiger partial charge in [0.15, 0.2) is 0 Å². The molecular formula is C13H20N2O2. The Bertz CT molecular complexity index is 377. The normalized spacial score (nSPS) is 10.9. The quantitative estimate of drug-likeness (QED) is 0.812. The van der Waals surface area contributed by atoms with Gasteiger partial charge in [-0.3, -0.25) is 9.69 Å². The molecule has 94 valence electrons. The lowest BCUT2D eigenvalue weighted by molar-refractivity contribution is -0.119. The highest BCUT2D eigenvalue weighted by atomic mass is 16.5. The number of hydrogen-bond donors (Lipinski definition) is 1. The molecule has 1 rings (SSSR count). The highest BCUT2D eigenvalue weighted by Crippen LogP contribution is 2.15. The lowest BCUT2D eigenvalue weighted by Gasteiger charge is -2.25. The first-order valence-corrected chi connectivity index (χ1v) is 5.68. The number of methoxy groups -OCH3 is 1. The lowest BCUT2D eigenvalue weighted by Crippen LogP contribution is -2.37. The van der Waals surface area contributed by atoms with Crippen LogP contribution < -0.4 is 10.5 Å². The number of hydrogen-bond acceptors (Lipinski definition) is 3. The minimum absolute atomic E-state index is 0.272. The van der Waals surface area contributed by atoms with E-state index in [1.54, 1.807) is 7.11 Å². The fraction of sp³-hybridized carbons (Fsp3) is 0.462. The topological polar surface area (TPSA) is 55.6 Å². The molecule has 0 aromatic heterocycles. The fourth-order valence-electron chi connectivity index (χ4n) is 1.63. The van der Waals surface area contributed by atoms with Gasteiger partial charge in [0, 0.05) is 12.6 Å². The number of nitrogens with zero attached hydrogens (tertiary/aromatic N) is 1. The van der Waals surface area contributed by atoms with Crippen molar-refractivity contribution in [1.82, 2.24) is 4.90 Å². The Morgan fingerprint density at radius 1 is 1.47 bits per heavy atom. The number of nitrogens with two attached hydrogens (primary N) is 1. The van der Waals surface area contributed by atoms with Gasteiger partial charge in [0.25, 0.3) is 0 Å². The molecule has 0 unspecified atom stereocenters. The molecule has 1 aromatic carbocycles. The summed E-state index contributed by atoms with van der Waals surface area (Å²) in [4.78, 5) is 13.0. The Hall–Kier alpha value is -1.55. The summed E-state index contributed by atoms with van der Waals surface area (Å²) in [6.07, 6.45) is 0. The lowest BCUT2D eigenvalue weighted by atomic mass is 10.2. The second kappa shape index (κ2) is 6.25. The van der Waals surface area contributed by atoms with Gasteiger partial charge in [-0.25, -0.2) is 0 Å². The van der Waals surface area contributed by atoms with Gasteiger partial charge < -0.3 is 10.5 Å². The molecule has 0 aliphatic heterocycles. The van der Waals surface area contributed by atoms with E-state index in [-0.39, 0.29) is 18.5 Å². The maximum Gasteiger partial charge on any atom is 0.231 e. The van der Waals surface area contributed by atoms with E-state index in [9.17, 15) is 4.79 Å². The van der Waals surface area contributed by atoms with Gasteiger partial charge in [-0.2, -0.15) is 0 Å². The van der Waals surface area contributed by atoms with Crippen LogP contribution in [0.5, 0.6) is 5.75 Å². The van der Waals surface area contributed by atoms with Crippen molar-refractivity contribution in [2.75, 3.05) is 13.7 Å². The van der Waals surface area contributed by atoms with Gasteiger partial charge in [0.05, 0.1) is 13.7 Å². The first kappa shape index (κ1) is 13.5. The van der Waals surface area contributed by atoms with Crippen LogP contribution in [-0.4, -0.2) is 30.5 Å². The SMILES string of the molecule is COc1cccc(CN(CC(N)=O)C(C)C)c1. The molecule has 0 saturated carbocycles. The Morgan fingerprint density at radius 2 is 2.18 bits per heavy atom. The molecule has 0 radical (unpaired) electrons. The Morgan fingerprint density at radius 3 is 2.71 bits per heavy atom. The zero-order valence-corrected chi connectivity index (χ0v) is 10.6. The summed E-state index contributed by atoms with van der Waals surface area (Å²) in [6.45, 7) is 5.05. The van der Waals surface area contributed by atoms with Gasteiger partial charge >= 0.3 is 0 Å². The molecule has 0 fully saturated rings. The van der Waals surface area contributed by atoms with E-state index in [1.807, 2.05) is 43.0 Å². The number of ether oxygens (including phenoxy) is 1. The molecule has 1 amide bonds. The third-order valence-electron chi connectivity index (χ3n) is 2.61. The van der Waals surface area contributed by atoms with Gasteiger partial charge in [-0.1, -0.05) is 12.1 Å². The molecule has 2 N–H and O–H groups in total. The zero-order valence-electron chi connectivity index (χ0n) is 10.6. The van der Waals surface area contributed by atoms with Gasteiger partial charge in [0.2, 0.25) is 5.91 Å². The van der Waals surface area contributed by atoms with Crippen molar-refractivity contribution in [2.24, 2.45) is 5.73 Å². The number of primary amides is 1. The highest BCUT2D eigenvalue weighted by molar-refractivity contribution is 5.75. The first-order valence-electron chi connectivity index (χ1n) is 5.68. The molecule has 0 aliphatic rings. The third kappa shape index (κ3) is 4.44. The van der Waals surface area contributed by atoms with Crippen molar-refractivity contribution in [3.63, 3.8) is 0 Å². The van der Waals surface area contributed by atoms with Crippen LogP contribution >= 0.6 is 0 Å². The largest absolute Gasteiger partial charge is 0.497 e. The summed E-state index contributed by atoms with van der Waals surface area (Å²) in [5.41, 5.74) is 6.35. The van der Waals surface area contributed by atoms with Gasteiger partial charge in [0.1, 0.15) is 5.75 Å². The van der Waals surface area contributed by atoms with E-state index in [1.165, 1.54) is 0 Å². The molecule has 0 atom stereocenters. The van der Waals surface area contributed by atoms with Crippen molar-refractivity contribution in [1.29, 1.82) is 0 Å². The number of rotatable bonds is 6. The maximum atomic E-state index is 11.0. The molecular weight excluding hydrogens is 216 g/mol. The summed E-state index contributed by atoms with van der Waals surface area (Å²) < 4.78 is 5.17. The first-order chi connectivity index (χ1) is 8.02. The van der Waals surface area contributed by atoms with Crippen molar-refractivity contribution < 1.29 is 9.53 Å². The smallest absolute Gasteiger partial charge is 0.231 e. The van der Waals surface area contributed by atoms with Crippen LogP contribution in [0.15, 0.2) is 24.3 Å². The molecule has 4 nitrogen and oxygen atoms in total. The van der Waals surface area contributed by atoms with Gasteiger partial charge in [-0.15, -0.1) is 0 Å². The van der Waals surface area contributed by atoms with Crippen molar-refractivity contribution in [3.8, 4) is 5.75 Å². The number of benzene rings is 1. The Labute approximate surface area is 102 Å². The van der Waals surface area contributed by atoms with Crippen LogP contribution in [0, 0.1) is 0 Å². The minimum atomic E-state index is -0.304. The van der Waals surface area contributed by atoms with Crippen LogP contribution in [0.25, 0.3) is 0 Å². The monoisotopic (exact) mass is 236 g/mol. The van der Waals surface area contributed by atoms with Crippen LogP contribution in [0.1, 0.15) is 19.4 Å². The standard InChI is InChI=1S/C13H20N2O2/c1-10(2)15(9-13(14)16)8-11-5-4-6-12(7-11)17-3/h4-7,10H,8-9H2,1-3H3,(H2,14,16). The summed E-state index contributed by atoms with van der Waals surface area (Å²) in [7, 11) is 1.64. The Balaban J connectivity index is 2.74. The summed E-state index contributed by atoms with van der Waals surface area (Å²) in [5.74, 6) is 0.520. The maximum absolute atomic E-state index is 11.0. The predicted molar refractivity (Wildman–Crippen MR) is 67.7 cm³/mol. The molecule has 17 heavy (non-hydrogen) atoms. The van der Waals surface area contributed by atoms with Crippen LogP contribution in [0.4, 0.5) is 0 Å². The average molecular weight is 236 g/mol. The summed E-state index contributed by atoms with van der Waals surface area (Å²) in [5, 5.41) is 0. The van der Waals surface area contributed by atoms with Crippen molar-refractivity contribution in [2.45, 2.75) is 26.4 Å². The zero-order chi connectivity index (χ0) is 12.8.